The first kappa shape index (κ1) is 21.0. The number of nitrogens with one attached hydrogen (secondary N) is 1. The number of benzene rings is 2. The van der Waals surface area contributed by atoms with E-state index in [0.29, 0.717) is 22.4 Å². The van der Waals surface area contributed by atoms with Gasteiger partial charge in [-0.3, -0.25) is 10.3 Å². The molecule has 2 aromatic heterocycles. The second-order valence-corrected chi connectivity index (χ2v) is 7.60. The third-order valence-corrected chi connectivity index (χ3v) is 5.82. The summed E-state index contributed by atoms with van der Waals surface area (Å²) in [4.78, 5) is 12.3. The van der Waals surface area contributed by atoms with E-state index in [2.05, 4.69) is 20.3 Å². The highest BCUT2D eigenvalue weighted by molar-refractivity contribution is 5.66. The van der Waals surface area contributed by atoms with Crippen molar-refractivity contribution in [1.29, 1.82) is 0 Å². The first-order valence-electron chi connectivity index (χ1n) is 10.0. The van der Waals surface area contributed by atoms with E-state index in [0.717, 1.165) is 0 Å². The molecule has 0 spiro atoms. The first-order valence-corrected chi connectivity index (χ1v) is 10.0. The Morgan fingerprint density at radius 2 is 1.70 bits per heavy atom. The molecule has 0 saturated carbocycles. The Hall–Kier alpha value is -3.82. The SMILES string of the molecule is COc1c(F)cc(C2(c3ccc(F)c(-c4cncnc4)c3)NC(N)c3ncccc32)cc1F. The van der Waals surface area contributed by atoms with Crippen LogP contribution in [-0.2, 0) is 5.54 Å². The van der Waals surface area contributed by atoms with Gasteiger partial charge in [0.15, 0.2) is 17.4 Å². The molecule has 0 fully saturated rings. The lowest BCUT2D eigenvalue weighted by molar-refractivity contribution is 0.356. The van der Waals surface area contributed by atoms with Crippen molar-refractivity contribution in [2.24, 2.45) is 5.73 Å². The molecule has 0 radical (unpaired) electrons. The standard InChI is InChI=1S/C24H18F3N5O/c1-33-22-19(26)8-15(9-20(22)27)24(17-3-2-6-31-21(17)23(28)32-24)14-4-5-18(25)16(7-14)13-10-29-12-30-11-13/h2-12,23,32H,28H2,1H3. The van der Waals surface area contributed by atoms with Crippen LogP contribution in [0.2, 0.25) is 0 Å². The van der Waals surface area contributed by atoms with E-state index < -0.39 is 34.9 Å². The van der Waals surface area contributed by atoms with Crippen LogP contribution in [0.5, 0.6) is 5.75 Å². The Balaban J connectivity index is 1.82. The molecule has 1 aliphatic heterocycles. The minimum atomic E-state index is -1.31. The van der Waals surface area contributed by atoms with Gasteiger partial charge < -0.3 is 10.5 Å². The summed E-state index contributed by atoms with van der Waals surface area (Å²) in [6, 6.07) is 10.3. The molecule has 166 valence electrons. The molecule has 3 heterocycles. The lowest BCUT2D eigenvalue weighted by Gasteiger charge is -2.33. The zero-order valence-electron chi connectivity index (χ0n) is 17.4. The highest BCUT2D eigenvalue weighted by Crippen LogP contribution is 2.46. The number of ether oxygens (including phenoxy) is 1. The molecule has 2 unspecified atom stereocenters. The zero-order chi connectivity index (χ0) is 23.2. The maximum Gasteiger partial charge on any atom is 0.190 e. The van der Waals surface area contributed by atoms with E-state index >= 15 is 0 Å². The molecule has 9 heteroatoms. The molecule has 5 rings (SSSR count). The summed E-state index contributed by atoms with van der Waals surface area (Å²) in [5.41, 5.74) is 7.55. The number of hydrogen-bond acceptors (Lipinski definition) is 6. The second-order valence-electron chi connectivity index (χ2n) is 7.60. The van der Waals surface area contributed by atoms with Crippen LogP contribution in [0.25, 0.3) is 11.1 Å². The van der Waals surface area contributed by atoms with Gasteiger partial charge in [0.2, 0.25) is 0 Å². The molecular weight excluding hydrogens is 431 g/mol. The molecule has 6 nitrogen and oxygen atoms in total. The summed E-state index contributed by atoms with van der Waals surface area (Å²) in [5.74, 6) is -2.75. The highest BCUT2D eigenvalue weighted by Gasteiger charge is 2.47. The largest absolute Gasteiger partial charge is 0.491 e. The Kier molecular flexibility index (Phi) is 5.07. The minimum Gasteiger partial charge on any atom is -0.491 e. The van der Waals surface area contributed by atoms with Gasteiger partial charge >= 0.3 is 0 Å². The number of halogens is 3. The van der Waals surface area contributed by atoms with Crippen molar-refractivity contribution in [3.05, 3.63) is 107 Å². The van der Waals surface area contributed by atoms with Crippen molar-refractivity contribution in [3.8, 4) is 16.9 Å². The average Bonchev–Trinajstić information content (AvgIpc) is 3.13. The summed E-state index contributed by atoms with van der Waals surface area (Å²) < 4.78 is 49.3. The van der Waals surface area contributed by atoms with Gasteiger partial charge in [0.05, 0.1) is 18.3 Å². The molecule has 2 aromatic carbocycles. The summed E-state index contributed by atoms with van der Waals surface area (Å²) in [7, 11) is 1.19. The molecule has 0 amide bonds. The number of pyridine rings is 1. The fourth-order valence-electron chi connectivity index (χ4n) is 4.40. The van der Waals surface area contributed by atoms with E-state index in [1.165, 1.54) is 44.0 Å². The zero-order valence-corrected chi connectivity index (χ0v) is 17.4. The van der Waals surface area contributed by atoms with Crippen molar-refractivity contribution in [2.45, 2.75) is 11.7 Å². The van der Waals surface area contributed by atoms with E-state index in [-0.39, 0.29) is 11.1 Å². The van der Waals surface area contributed by atoms with E-state index in [1.807, 2.05) is 0 Å². The van der Waals surface area contributed by atoms with Crippen LogP contribution in [0, 0.1) is 17.5 Å². The maximum absolute atomic E-state index is 14.8. The van der Waals surface area contributed by atoms with Crippen molar-refractivity contribution >= 4 is 0 Å². The Bertz CT molecular complexity index is 1330. The van der Waals surface area contributed by atoms with Crippen LogP contribution < -0.4 is 15.8 Å². The molecule has 0 saturated heterocycles. The molecule has 33 heavy (non-hydrogen) atoms. The number of fused-ring (bicyclic) bond motifs is 1. The van der Waals surface area contributed by atoms with Gasteiger partial charge in [0.1, 0.15) is 18.3 Å². The lowest BCUT2D eigenvalue weighted by Crippen LogP contribution is -2.42. The van der Waals surface area contributed by atoms with Crippen molar-refractivity contribution < 1.29 is 17.9 Å². The predicted octanol–water partition coefficient (Wildman–Crippen LogP) is 3.82. The third kappa shape index (κ3) is 3.24. The number of hydrogen-bond donors (Lipinski definition) is 2. The molecule has 4 aromatic rings. The van der Waals surface area contributed by atoms with Crippen LogP contribution in [-0.4, -0.2) is 22.1 Å². The van der Waals surface area contributed by atoms with E-state index in [9.17, 15) is 13.2 Å². The normalized spacial score (nSPS) is 19.4. The van der Waals surface area contributed by atoms with Crippen molar-refractivity contribution in [1.82, 2.24) is 20.3 Å². The summed E-state index contributed by atoms with van der Waals surface area (Å²) in [6.07, 6.45) is 5.16. The van der Waals surface area contributed by atoms with E-state index in [1.54, 1.807) is 30.5 Å². The maximum atomic E-state index is 14.8. The van der Waals surface area contributed by atoms with Gasteiger partial charge in [-0.1, -0.05) is 12.1 Å². The lowest BCUT2D eigenvalue weighted by atomic mass is 9.77. The summed E-state index contributed by atoms with van der Waals surface area (Å²) >= 11 is 0. The monoisotopic (exact) mass is 449 g/mol. The summed E-state index contributed by atoms with van der Waals surface area (Å²) in [5, 5.41) is 3.24. The second kappa shape index (κ2) is 7.95. The molecule has 0 aliphatic carbocycles. The van der Waals surface area contributed by atoms with Crippen LogP contribution in [0.4, 0.5) is 13.2 Å². The summed E-state index contributed by atoms with van der Waals surface area (Å²) in [6.45, 7) is 0. The molecule has 0 bridgehead atoms. The van der Waals surface area contributed by atoms with Gasteiger partial charge in [0.25, 0.3) is 0 Å². The van der Waals surface area contributed by atoms with Gasteiger partial charge in [-0.15, -0.1) is 0 Å². The molecule has 1 aliphatic rings. The Morgan fingerprint density at radius 1 is 0.970 bits per heavy atom. The van der Waals surface area contributed by atoms with E-state index in [4.69, 9.17) is 10.5 Å². The predicted molar refractivity (Wildman–Crippen MR) is 115 cm³/mol. The Morgan fingerprint density at radius 3 is 2.39 bits per heavy atom. The molecule has 3 N–H and O–H groups in total. The number of methoxy groups -OCH3 is 1. The van der Waals surface area contributed by atoms with Crippen LogP contribution >= 0.6 is 0 Å². The third-order valence-electron chi connectivity index (χ3n) is 5.82. The van der Waals surface area contributed by atoms with Gasteiger partial charge in [-0.2, -0.15) is 0 Å². The minimum absolute atomic E-state index is 0.224. The first-order chi connectivity index (χ1) is 16.0. The smallest absolute Gasteiger partial charge is 0.190 e. The van der Waals surface area contributed by atoms with Gasteiger partial charge in [-0.25, -0.2) is 23.1 Å². The number of nitrogens with zero attached hydrogens (tertiary/aromatic N) is 3. The van der Waals surface area contributed by atoms with Crippen LogP contribution in [0.3, 0.4) is 0 Å². The number of rotatable bonds is 4. The number of nitrogens with two attached hydrogens (primary N) is 1. The van der Waals surface area contributed by atoms with Crippen LogP contribution in [0.15, 0.2) is 67.4 Å². The highest BCUT2D eigenvalue weighted by atomic mass is 19.1. The molecular formula is C24H18F3N5O. The van der Waals surface area contributed by atoms with Gasteiger partial charge in [0, 0.05) is 35.3 Å². The van der Waals surface area contributed by atoms with Crippen molar-refractivity contribution in [2.75, 3.05) is 7.11 Å². The Labute approximate surface area is 187 Å². The fraction of sp³-hybridized carbons (Fsp3) is 0.125. The van der Waals surface area contributed by atoms with Crippen LogP contribution in [0.1, 0.15) is 28.6 Å². The molecule has 2 atom stereocenters. The topological polar surface area (TPSA) is 86.0 Å². The van der Waals surface area contributed by atoms with Crippen molar-refractivity contribution in [3.63, 3.8) is 0 Å². The number of aromatic nitrogens is 3. The van der Waals surface area contributed by atoms with Gasteiger partial charge in [-0.05, 0) is 41.5 Å². The fourth-order valence-corrected chi connectivity index (χ4v) is 4.40. The average molecular weight is 449 g/mol. The quantitative estimate of drug-likeness (QED) is 0.493.